The molecule has 1 N–H and O–H groups in total. The van der Waals surface area contributed by atoms with Crippen molar-refractivity contribution < 1.29 is 4.74 Å². The zero-order valence-electron chi connectivity index (χ0n) is 19.0. The largest absolute Gasteiger partial charge is 0.497 e. The summed E-state index contributed by atoms with van der Waals surface area (Å²) in [5, 5.41) is 10.3. The minimum atomic E-state index is -0.179. The summed E-state index contributed by atoms with van der Waals surface area (Å²) in [6, 6.07) is 7.81. The molecule has 0 fully saturated rings. The lowest BCUT2D eigenvalue weighted by Crippen LogP contribution is -2.34. The second-order valence-electron chi connectivity index (χ2n) is 8.07. The minimum absolute atomic E-state index is 0.179. The number of nitrogens with zero attached hydrogens (tertiary/aromatic N) is 8. The van der Waals surface area contributed by atoms with Crippen LogP contribution in [0.25, 0.3) is 16.9 Å². The zero-order chi connectivity index (χ0) is 22.9. The molecule has 0 atom stereocenters. The fourth-order valence-electron chi connectivity index (χ4n) is 4.18. The first-order valence-corrected chi connectivity index (χ1v) is 11.1. The molecule has 1 aliphatic heterocycles. The van der Waals surface area contributed by atoms with E-state index in [-0.39, 0.29) is 5.56 Å². The molecular formula is C22H27N9O2. The standard InChI is InChI=1S/C22H27N9O2/c1-4-5-6-11-28-19-18(20(32)31-15(2)26-27-22(28)31)29(21(25-19)30-14-23-13-24-30)12-16-7-9-17(33-3)10-8-16/h7-10,13H,4-6,11-12,14H2,1-3H3,(H,23,24). The average molecular weight is 450 g/mol. The van der Waals surface area contributed by atoms with Gasteiger partial charge < -0.3 is 4.74 Å². The number of aliphatic imine (C=N–C) groups is 1. The smallest absolute Gasteiger partial charge is 0.286 e. The maximum absolute atomic E-state index is 13.7. The molecule has 1 aliphatic rings. The van der Waals surface area contributed by atoms with E-state index < -0.39 is 0 Å². The molecule has 0 amide bonds. The topological polar surface area (TPSA) is 107 Å². The lowest BCUT2D eigenvalue weighted by Gasteiger charge is -2.17. The number of benzene rings is 1. The van der Waals surface area contributed by atoms with Gasteiger partial charge in [-0.05, 0) is 31.0 Å². The molecule has 1 aromatic carbocycles. The Morgan fingerprint density at radius 2 is 1.94 bits per heavy atom. The van der Waals surface area contributed by atoms with Crippen molar-refractivity contribution >= 4 is 29.2 Å². The van der Waals surface area contributed by atoms with Gasteiger partial charge in [-0.2, -0.15) is 4.98 Å². The quantitative estimate of drug-likeness (QED) is 0.411. The van der Waals surface area contributed by atoms with Crippen molar-refractivity contribution in [1.82, 2.24) is 34.1 Å². The monoisotopic (exact) mass is 449 g/mol. The lowest BCUT2D eigenvalue weighted by molar-refractivity contribution is 0.414. The van der Waals surface area contributed by atoms with E-state index in [4.69, 9.17) is 9.72 Å². The summed E-state index contributed by atoms with van der Waals surface area (Å²) in [6.45, 7) is 5.54. The molecule has 11 heteroatoms. The van der Waals surface area contributed by atoms with Crippen molar-refractivity contribution in [2.75, 3.05) is 18.8 Å². The summed E-state index contributed by atoms with van der Waals surface area (Å²) in [4.78, 5) is 22.9. The molecule has 0 saturated heterocycles. The second-order valence-corrected chi connectivity index (χ2v) is 8.07. The summed E-state index contributed by atoms with van der Waals surface area (Å²) in [7, 11) is 1.64. The highest BCUT2D eigenvalue weighted by Crippen LogP contribution is 2.24. The van der Waals surface area contributed by atoms with Crippen molar-refractivity contribution in [2.24, 2.45) is 4.99 Å². The molecule has 0 saturated carbocycles. The number of hydrazine groups is 1. The van der Waals surface area contributed by atoms with Gasteiger partial charge in [-0.15, -0.1) is 10.2 Å². The number of hydrogen-bond donors (Lipinski definition) is 1. The SMILES string of the molecule is CCCCCn1c2nc(N3CN=CN3)n(Cc3ccc(OC)cc3)c2c(=O)n2c(C)nnc12. The molecular weight excluding hydrogens is 422 g/mol. The number of aryl methyl sites for hydroxylation is 2. The van der Waals surface area contributed by atoms with Gasteiger partial charge in [-0.3, -0.25) is 24.3 Å². The molecule has 0 radical (unpaired) electrons. The number of hydrogen-bond acceptors (Lipinski definition) is 8. The summed E-state index contributed by atoms with van der Waals surface area (Å²) >= 11 is 0. The Balaban J connectivity index is 1.74. The van der Waals surface area contributed by atoms with Gasteiger partial charge in [-0.1, -0.05) is 31.9 Å². The van der Waals surface area contributed by atoms with E-state index in [1.54, 1.807) is 24.8 Å². The lowest BCUT2D eigenvalue weighted by atomic mass is 10.2. The third kappa shape index (κ3) is 3.59. The average Bonchev–Trinajstić information content (AvgIpc) is 3.56. The van der Waals surface area contributed by atoms with Crippen molar-refractivity contribution in [2.45, 2.75) is 46.2 Å². The first-order chi connectivity index (χ1) is 16.1. The van der Waals surface area contributed by atoms with Crippen molar-refractivity contribution in [1.29, 1.82) is 0 Å². The number of fused-ring (bicyclic) bond motifs is 2. The molecule has 5 rings (SSSR count). The van der Waals surface area contributed by atoms with Gasteiger partial charge in [0.25, 0.3) is 5.56 Å². The first-order valence-electron chi connectivity index (χ1n) is 11.1. The van der Waals surface area contributed by atoms with Gasteiger partial charge in [0.05, 0.1) is 13.7 Å². The van der Waals surface area contributed by atoms with Gasteiger partial charge >= 0.3 is 0 Å². The van der Waals surface area contributed by atoms with Gasteiger partial charge in [0.15, 0.2) is 11.2 Å². The maximum Gasteiger partial charge on any atom is 0.286 e. The summed E-state index contributed by atoms with van der Waals surface area (Å²) in [5.41, 5.74) is 5.07. The van der Waals surface area contributed by atoms with E-state index >= 15 is 0 Å². The Bertz CT molecular complexity index is 1370. The van der Waals surface area contributed by atoms with E-state index in [0.717, 1.165) is 30.6 Å². The first kappa shape index (κ1) is 21.0. The summed E-state index contributed by atoms with van der Waals surface area (Å²) in [6.07, 6.45) is 4.76. The number of aromatic nitrogens is 6. The second kappa shape index (κ2) is 8.57. The molecule has 172 valence electrons. The van der Waals surface area contributed by atoms with E-state index in [9.17, 15) is 4.79 Å². The fourth-order valence-corrected chi connectivity index (χ4v) is 4.18. The fraction of sp³-hybridized carbons (Fsp3) is 0.409. The van der Waals surface area contributed by atoms with Crippen LogP contribution < -0.4 is 20.7 Å². The summed E-state index contributed by atoms with van der Waals surface area (Å²) < 4.78 is 10.8. The Labute approximate surface area is 190 Å². The van der Waals surface area contributed by atoms with Crippen LogP contribution in [0.2, 0.25) is 0 Å². The Hall–Kier alpha value is -3.89. The van der Waals surface area contributed by atoms with E-state index in [1.165, 1.54) is 0 Å². The number of nitrogens with one attached hydrogen (secondary N) is 1. The van der Waals surface area contributed by atoms with E-state index in [0.29, 0.717) is 48.5 Å². The Kier molecular flexibility index (Phi) is 5.45. The molecule has 33 heavy (non-hydrogen) atoms. The number of methoxy groups -OCH3 is 1. The maximum atomic E-state index is 13.7. The molecule has 0 aliphatic carbocycles. The van der Waals surface area contributed by atoms with E-state index in [1.807, 2.05) is 38.4 Å². The summed E-state index contributed by atoms with van der Waals surface area (Å²) in [5.74, 6) is 2.48. The number of rotatable bonds is 8. The number of anilines is 1. The van der Waals surface area contributed by atoms with Crippen LogP contribution in [0, 0.1) is 6.92 Å². The molecule has 3 aromatic heterocycles. The molecule has 0 unspecified atom stereocenters. The molecule has 11 nitrogen and oxygen atoms in total. The van der Waals surface area contributed by atoms with Crippen LogP contribution in [-0.2, 0) is 13.1 Å². The highest BCUT2D eigenvalue weighted by atomic mass is 16.5. The molecule has 0 bridgehead atoms. The Morgan fingerprint density at radius 1 is 1.12 bits per heavy atom. The minimum Gasteiger partial charge on any atom is -0.497 e. The van der Waals surface area contributed by atoms with Crippen LogP contribution in [0.4, 0.5) is 5.95 Å². The van der Waals surface area contributed by atoms with E-state index in [2.05, 4.69) is 27.5 Å². The number of imidazole rings is 1. The highest BCUT2D eigenvalue weighted by molar-refractivity contribution is 5.78. The van der Waals surface area contributed by atoms with Crippen LogP contribution in [0.1, 0.15) is 37.6 Å². The van der Waals surface area contributed by atoms with Gasteiger partial charge in [-0.25, -0.2) is 9.41 Å². The van der Waals surface area contributed by atoms with Crippen LogP contribution in [0.3, 0.4) is 0 Å². The van der Waals surface area contributed by atoms with Gasteiger partial charge in [0.1, 0.15) is 24.6 Å². The molecule has 4 heterocycles. The normalized spacial score (nSPS) is 13.4. The van der Waals surface area contributed by atoms with Crippen LogP contribution >= 0.6 is 0 Å². The van der Waals surface area contributed by atoms with Gasteiger partial charge in [0.2, 0.25) is 11.7 Å². The van der Waals surface area contributed by atoms with Crippen molar-refractivity contribution in [3.8, 4) is 5.75 Å². The van der Waals surface area contributed by atoms with Crippen molar-refractivity contribution in [3.05, 3.63) is 46.0 Å². The van der Waals surface area contributed by atoms with Crippen LogP contribution in [-0.4, -0.2) is 48.8 Å². The van der Waals surface area contributed by atoms with Crippen LogP contribution in [0.5, 0.6) is 5.75 Å². The molecule has 0 spiro atoms. The predicted octanol–water partition coefficient (Wildman–Crippen LogP) is 2.11. The highest BCUT2D eigenvalue weighted by Gasteiger charge is 2.25. The zero-order valence-corrected chi connectivity index (χ0v) is 19.0. The third-order valence-corrected chi connectivity index (χ3v) is 5.89. The van der Waals surface area contributed by atoms with Gasteiger partial charge in [0, 0.05) is 6.54 Å². The number of unbranched alkanes of at least 4 members (excludes halogenated alkanes) is 2. The number of ether oxygens (including phenoxy) is 1. The third-order valence-electron chi connectivity index (χ3n) is 5.89. The van der Waals surface area contributed by atoms with Crippen molar-refractivity contribution in [3.63, 3.8) is 0 Å². The Morgan fingerprint density at radius 3 is 2.64 bits per heavy atom. The van der Waals surface area contributed by atoms with Crippen LogP contribution in [0.15, 0.2) is 34.1 Å². The molecule has 4 aromatic rings. The predicted molar refractivity (Wildman–Crippen MR) is 126 cm³/mol.